The largest absolute Gasteiger partial charge is 0.478 e. The van der Waals surface area contributed by atoms with Crippen molar-refractivity contribution in [3.8, 4) is 0 Å². The third-order valence-corrected chi connectivity index (χ3v) is 3.28. The van der Waals surface area contributed by atoms with Gasteiger partial charge in [0.1, 0.15) is 0 Å². The lowest BCUT2D eigenvalue weighted by atomic mass is 10.1. The summed E-state index contributed by atoms with van der Waals surface area (Å²) in [6.07, 6.45) is 2.50. The van der Waals surface area contributed by atoms with E-state index in [4.69, 9.17) is 0 Å². The molecule has 1 N–H and O–H groups in total. The predicted octanol–water partition coefficient (Wildman–Crippen LogP) is 3.01. The summed E-state index contributed by atoms with van der Waals surface area (Å²) in [5.74, 6) is -0.214. The zero-order valence-electron chi connectivity index (χ0n) is 11.1. The first-order chi connectivity index (χ1) is 8.58. The van der Waals surface area contributed by atoms with Crippen LogP contribution in [0.5, 0.6) is 0 Å². The molecule has 0 bridgehead atoms. The number of carboxylic acids is 1. The Bertz CT molecular complexity index is 424. The number of hydrogen-bond donors (Lipinski definition) is 1. The molecule has 0 aliphatic heterocycles. The number of nitrogens with zero attached hydrogens (tertiary/aromatic N) is 1. The minimum atomic E-state index is -0.828. The SMILES string of the molecule is CC(C)CN(Cc1ccccc1C(=O)O)C1CC1. The lowest BCUT2D eigenvalue weighted by Crippen LogP contribution is -2.30. The van der Waals surface area contributed by atoms with E-state index in [-0.39, 0.29) is 0 Å². The van der Waals surface area contributed by atoms with Gasteiger partial charge >= 0.3 is 5.97 Å². The quantitative estimate of drug-likeness (QED) is 0.840. The van der Waals surface area contributed by atoms with E-state index in [0.29, 0.717) is 17.5 Å². The monoisotopic (exact) mass is 247 g/mol. The Hall–Kier alpha value is -1.35. The van der Waals surface area contributed by atoms with E-state index in [0.717, 1.165) is 18.7 Å². The van der Waals surface area contributed by atoms with Gasteiger partial charge in [-0.15, -0.1) is 0 Å². The molecule has 1 aliphatic carbocycles. The van der Waals surface area contributed by atoms with Gasteiger partial charge in [0.15, 0.2) is 0 Å². The first-order valence-electron chi connectivity index (χ1n) is 6.63. The molecule has 0 atom stereocenters. The van der Waals surface area contributed by atoms with E-state index in [2.05, 4.69) is 18.7 Å². The second-order valence-electron chi connectivity index (χ2n) is 5.52. The Labute approximate surface area is 108 Å². The van der Waals surface area contributed by atoms with Crippen LogP contribution in [0.2, 0.25) is 0 Å². The van der Waals surface area contributed by atoms with Crippen molar-refractivity contribution in [1.29, 1.82) is 0 Å². The molecule has 18 heavy (non-hydrogen) atoms. The predicted molar refractivity (Wildman–Crippen MR) is 71.7 cm³/mol. The fourth-order valence-electron chi connectivity index (χ4n) is 2.34. The molecule has 0 aromatic heterocycles. The van der Waals surface area contributed by atoms with Crippen LogP contribution in [-0.4, -0.2) is 28.6 Å². The van der Waals surface area contributed by atoms with Gasteiger partial charge in [0.05, 0.1) is 5.56 Å². The minimum absolute atomic E-state index is 0.437. The molecule has 0 heterocycles. The van der Waals surface area contributed by atoms with E-state index in [1.807, 2.05) is 12.1 Å². The minimum Gasteiger partial charge on any atom is -0.478 e. The highest BCUT2D eigenvalue weighted by atomic mass is 16.4. The maximum Gasteiger partial charge on any atom is 0.336 e. The van der Waals surface area contributed by atoms with Crippen LogP contribution in [0.15, 0.2) is 24.3 Å². The third kappa shape index (κ3) is 3.33. The molecule has 98 valence electrons. The highest BCUT2D eigenvalue weighted by Gasteiger charge is 2.29. The first kappa shape index (κ1) is 13.1. The van der Waals surface area contributed by atoms with Gasteiger partial charge in [-0.3, -0.25) is 4.90 Å². The van der Waals surface area contributed by atoms with Crippen molar-refractivity contribution in [3.63, 3.8) is 0 Å². The summed E-state index contributed by atoms with van der Waals surface area (Å²) in [6, 6.07) is 7.99. The summed E-state index contributed by atoms with van der Waals surface area (Å²) in [5, 5.41) is 9.20. The molecular weight excluding hydrogens is 226 g/mol. The zero-order chi connectivity index (χ0) is 13.1. The molecule has 1 fully saturated rings. The number of rotatable bonds is 6. The van der Waals surface area contributed by atoms with Gasteiger partial charge in [-0.1, -0.05) is 32.0 Å². The molecule has 0 unspecified atom stereocenters. The molecule has 2 rings (SSSR count). The summed E-state index contributed by atoms with van der Waals surface area (Å²) in [4.78, 5) is 13.6. The molecule has 0 radical (unpaired) electrons. The molecule has 3 nitrogen and oxygen atoms in total. The highest BCUT2D eigenvalue weighted by molar-refractivity contribution is 5.89. The number of aromatic carboxylic acids is 1. The lowest BCUT2D eigenvalue weighted by molar-refractivity contribution is 0.0694. The molecule has 3 heteroatoms. The van der Waals surface area contributed by atoms with Crippen molar-refractivity contribution in [2.24, 2.45) is 5.92 Å². The molecule has 0 saturated heterocycles. The smallest absolute Gasteiger partial charge is 0.336 e. The van der Waals surface area contributed by atoms with Gasteiger partial charge in [-0.2, -0.15) is 0 Å². The van der Waals surface area contributed by atoms with Crippen LogP contribution in [0.25, 0.3) is 0 Å². The van der Waals surface area contributed by atoms with Crippen LogP contribution in [0, 0.1) is 5.92 Å². The van der Waals surface area contributed by atoms with Crippen LogP contribution in [0.3, 0.4) is 0 Å². The summed E-state index contributed by atoms with van der Waals surface area (Å²) in [5.41, 5.74) is 1.37. The lowest BCUT2D eigenvalue weighted by Gasteiger charge is -2.24. The maximum absolute atomic E-state index is 11.2. The second kappa shape index (κ2) is 5.53. The van der Waals surface area contributed by atoms with Crippen molar-refractivity contribution in [1.82, 2.24) is 4.90 Å². The van der Waals surface area contributed by atoms with E-state index >= 15 is 0 Å². The van der Waals surface area contributed by atoms with E-state index in [1.165, 1.54) is 12.8 Å². The van der Waals surface area contributed by atoms with Crippen molar-refractivity contribution in [3.05, 3.63) is 35.4 Å². The molecule has 1 aromatic carbocycles. The van der Waals surface area contributed by atoms with E-state index in [9.17, 15) is 9.90 Å². The van der Waals surface area contributed by atoms with Crippen molar-refractivity contribution in [2.45, 2.75) is 39.3 Å². The molecular formula is C15H21NO2. The Balaban J connectivity index is 2.13. The van der Waals surface area contributed by atoms with E-state index in [1.54, 1.807) is 12.1 Å². The average molecular weight is 247 g/mol. The van der Waals surface area contributed by atoms with E-state index < -0.39 is 5.97 Å². The maximum atomic E-state index is 11.2. The Morgan fingerprint density at radius 2 is 2.06 bits per heavy atom. The fraction of sp³-hybridized carbons (Fsp3) is 0.533. The van der Waals surface area contributed by atoms with Crippen molar-refractivity contribution < 1.29 is 9.90 Å². The van der Waals surface area contributed by atoms with Gasteiger partial charge < -0.3 is 5.11 Å². The van der Waals surface area contributed by atoms with Crippen LogP contribution in [-0.2, 0) is 6.54 Å². The fourth-order valence-corrected chi connectivity index (χ4v) is 2.34. The molecule has 1 aliphatic rings. The van der Waals surface area contributed by atoms with Gasteiger partial charge in [0.25, 0.3) is 0 Å². The molecule has 1 saturated carbocycles. The number of carbonyl (C=O) groups is 1. The summed E-state index contributed by atoms with van der Waals surface area (Å²) < 4.78 is 0. The Kier molecular flexibility index (Phi) is 4.02. The second-order valence-corrected chi connectivity index (χ2v) is 5.52. The normalized spacial score (nSPS) is 15.3. The summed E-state index contributed by atoms with van der Waals surface area (Å²) >= 11 is 0. The van der Waals surface area contributed by atoms with Gasteiger partial charge in [-0.25, -0.2) is 4.79 Å². The first-order valence-corrected chi connectivity index (χ1v) is 6.63. The summed E-state index contributed by atoms with van der Waals surface area (Å²) in [7, 11) is 0. The van der Waals surface area contributed by atoms with Gasteiger partial charge in [0.2, 0.25) is 0 Å². The average Bonchev–Trinajstić information content (AvgIpc) is 3.11. The van der Waals surface area contributed by atoms with Crippen LogP contribution >= 0.6 is 0 Å². The van der Waals surface area contributed by atoms with Crippen molar-refractivity contribution >= 4 is 5.97 Å². The third-order valence-electron chi connectivity index (χ3n) is 3.28. The highest BCUT2D eigenvalue weighted by Crippen LogP contribution is 2.29. The molecule has 1 aromatic rings. The standard InChI is InChI=1S/C15H21NO2/c1-11(2)9-16(13-7-8-13)10-12-5-3-4-6-14(12)15(17)18/h3-6,11,13H,7-10H2,1-2H3,(H,17,18). The van der Waals surface area contributed by atoms with Crippen LogP contribution in [0.1, 0.15) is 42.6 Å². The molecule has 0 amide bonds. The summed E-state index contributed by atoms with van der Waals surface area (Å²) in [6.45, 7) is 6.21. The van der Waals surface area contributed by atoms with Gasteiger partial charge in [0, 0.05) is 19.1 Å². The number of benzene rings is 1. The van der Waals surface area contributed by atoms with Gasteiger partial charge in [-0.05, 0) is 30.4 Å². The molecule has 0 spiro atoms. The number of hydrogen-bond acceptors (Lipinski definition) is 2. The van der Waals surface area contributed by atoms with Crippen LogP contribution in [0.4, 0.5) is 0 Å². The van der Waals surface area contributed by atoms with Crippen molar-refractivity contribution in [2.75, 3.05) is 6.54 Å². The Morgan fingerprint density at radius 1 is 1.39 bits per heavy atom. The van der Waals surface area contributed by atoms with Crippen LogP contribution < -0.4 is 0 Å². The Morgan fingerprint density at radius 3 is 2.61 bits per heavy atom. The topological polar surface area (TPSA) is 40.5 Å². The zero-order valence-corrected chi connectivity index (χ0v) is 11.1. The number of carboxylic acid groups (broad SMARTS) is 1.